The largest absolute Gasteiger partial charge is 0.463 e. The Labute approximate surface area is 91.9 Å². The Morgan fingerprint density at radius 2 is 2.27 bits per heavy atom. The third-order valence-electron chi connectivity index (χ3n) is 3.40. The van der Waals surface area contributed by atoms with Crippen LogP contribution in [0.4, 0.5) is 0 Å². The average Bonchev–Trinajstić information content (AvgIpc) is 2.70. The summed E-state index contributed by atoms with van der Waals surface area (Å²) in [4.78, 5) is 9.25. The second kappa shape index (κ2) is 4.39. The lowest BCUT2D eigenvalue weighted by atomic mass is 10.2. The van der Waals surface area contributed by atoms with E-state index in [9.17, 15) is 0 Å². The molecule has 0 unspecified atom stereocenters. The van der Waals surface area contributed by atoms with Gasteiger partial charge in [0.25, 0.3) is 6.02 Å². The molecule has 2 heterocycles. The van der Waals surface area contributed by atoms with E-state index >= 15 is 0 Å². The van der Waals surface area contributed by atoms with Crippen LogP contribution >= 0.6 is 0 Å². The van der Waals surface area contributed by atoms with Gasteiger partial charge in [-0.05, 0) is 20.4 Å². The molecule has 2 rings (SSSR count). The molecule has 0 aromatic rings. The topological polar surface area (TPSA) is 28.1 Å². The minimum Gasteiger partial charge on any atom is -0.463 e. The number of rotatable bonds is 1. The van der Waals surface area contributed by atoms with Crippen molar-refractivity contribution in [2.24, 2.45) is 4.99 Å². The fraction of sp³-hybridized carbons (Fsp3) is 0.909. The Kier molecular flexibility index (Phi) is 3.14. The first kappa shape index (κ1) is 10.7. The Bertz CT molecular complexity index is 254. The van der Waals surface area contributed by atoms with Crippen LogP contribution in [-0.2, 0) is 4.74 Å². The predicted octanol–water partition coefficient (Wildman–Crippen LogP) is 0.787. The number of hydrogen-bond acceptors (Lipinski definition) is 4. The number of amidine groups is 1. The van der Waals surface area contributed by atoms with Crippen LogP contribution in [-0.4, -0.2) is 61.2 Å². The van der Waals surface area contributed by atoms with Crippen molar-refractivity contribution >= 4 is 6.02 Å². The molecule has 2 aliphatic rings. The fourth-order valence-electron chi connectivity index (χ4n) is 2.01. The highest BCUT2D eigenvalue weighted by Crippen LogP contribution is 2.14. The van der Waals surface area contributed by atoms with E-state index in [-0.39, 0.29) is 0 Å². The number of piperazine rings is 1. The second-order valence-corrected chi connectivity index (χ2v) is 4.56. The molecule has 0 aromatic heterocycles. The number of aliphatic imine (C=N–C) groups is 1. The van der Waals surface area contributed by atoms with Gasteiger partial charge in [0.2, 0.25) is 0 Å². The summed E-state index contributed by atoms with van der Waals surface area (Å²) in [5.74, 6) is 0. The van der Waals surface area contributed by atoms with Crippen molar-refractivity contribution < 1.29 is 4.74 Å². The summed E-state index contributed by atoms with van der Waals surface area (Å²) in [6.45, 7) is 8.35. The zero-order valence-corrected chi connectivity index (χ0v) is 9.94. The van der Waals surface area contributed by atoms with E-state index < -0.39 is 0 Å². The van der Waals surface area contributed by atoms with E-state index in [0.717, 1.165) is 38.7 Å². The van der Waals surface area contributed by atoms with Crippen LogP contribution in [0, 0.1) is 0 Å². The Hall–Kier alpha value is -0.770. The third kappa shape index (κ3) is 2.25. The molecule has 1 saturated heterocycles. The summed E-state index contributed by atoms with van der Waals surface area (Å²) in [6, 6.07) is 1.85. The zero-order chi connectivity index (χ0) is 10.8. The lowest BCUT2D eigenvalue weighted by Crippen LogP contribution is -2.52. The highest BCUT2D eigenvalue weighted by atomic mass is 16.5. The summed E-state index contributed by atoms with van der Waals surface area (Å²) in [7, 11) is 2.17. The molecule has 1 fully saturated rings. The van der Waals surface area contributed by atoms with Gasteiger partial charge in [-0.2, -0.15) is 0 Å². The molecule has 4 heteroatoms. The number of ether oxygens (including phenoxy) is 1. The molecule has 2 atom stereocenters. The number of hydrogen-bond donors (Lipinski definition) is 0. The van der Waals surface area contributed by atoms with E-state index in [1.807, 2.05) is 0 Å². The molecule has 4 nitrogen and oxygen atoms in total. The summed E-state index contributed by atoms with van der Waals surface area (Å²) in [5.41, 5.74) is 0. The number of likely N-dealkylation sites (N-methyl/N-ethyl adjacent to an activating group) is 1. The minimum atomic E-state index is 0.384. The van der Waals surface area contributed by atoms with Crippen LogP contribution in [0.1, 0.15) is 20.3 Å². The lowest BCUT2D eigenvalue weighted by molar-refractivity contribution is 0.130. The fourth-order valence-corrected chi connectivity index (χ4v) is 2.01. The lowest BCUT2D eigenvalue weighted by Gasteiger charge is -2.37. The number of nitrogens with zero attached hydrogens (tertiary/aromatic N) is 3. The molecule has 0 saturated carbocycles. The third-order valence-corrected chi connectivity index (χ3v) is 3.40. The minimum absolute atomic E-state index is 0.384. The molecule has 0 aromatic carbocycles. The van der Waals surface area contributed by atoms with Gasteiger partial charge in [-0.15, -0.1) is 0 Å². The van der Waals surface area contributed by atoms with Crippen LogP contribution in [0.2, 0.25) is 0 Å². The maximum absolute atomic E-state index is 5.64. The van der Waals surface area contributed by atoms with Crippen molar-refractivity contribution in [1.82, 2.24) is 9.80 Å². The Balaban J connectivity index is 1.95. The Morgan fingerprint density at radius 3 is 2.87 bits per heavy atom. The highest BCUT2D eigenvalue weighted by Gasteiger charge is 2.27. The monoisotopic (exact) mass is 211 g/mol. The summed E-state index contributed by atoms with van der Waals surface area (Å²) in [6.07, 6.45) is 1.08. The van der Waals surface area contributed by atoms with Crippen molar-refractivity contribution in [3.63, 3.8) is 0 Å². The van der Waals surface area contributed by atoms with Crippen LogP contribution < -0.4 is 0 Å². The smallest absolute Gasteiger partial charge is 0.287 e. The molecule has 15 heavy (non-hydrogen) atoms. The van der Waals surface area contributed by atoms with Crippen LogP contribution in [0.15, 0.2) is 4.99 Å². The molecular weight excluding hydrogens is 190 g/mol. The van der Waals surface area contributed by atoms with Gasteiger partial charge in [0.15, 0.2) is 0 Å². The standard InChI is InChI=1S/C11H21N3O/c1-4-10-8-15-11(12-10)14-6-5-13(3)9(2)7-14/h9-10H,4-8H2,1-3H3/t9-,10+/m1/s1. The summed E-state index contributed by atoms with van der Waals surface area (Å²) < 4.78 is 5.64. The van der Waals surface area contributed by atoms with Crippen molar-refractivity contribution in [2.45, 2.75) is 32.4 Å². The van der Waals surface area contributed by atoms with E-state index in [1.54, 1.807) is 0 Å². The molecule has 0 radical (unpaired) electrons. The van der Waals surface area contributed by atoms with Crippen molar-refractivity contribution in [1.29, 1.82) is 0 Å². The van der Waals surface area contributed by atoms with Gasteiger partial charge < -0.3 is 14.5 Å². The molecule has 0 aliphatic carbocycles. The van der Waals surface area contributed by atoms with Crippen molar-refractivity contribution in [3.05, 3.63) is 0 Å². The second-order valence-electron chi connectivity index (χ2n) is 4.56. The molecule has 0 bridgehead atoms. The first-order valence-corrected chi connectivity index (χ1v) is 5.86. The Morgan fingerprint density at radius 1 is 1.47 bits per heavy atom. The van der Waals surface area contributed by atoms with E-state index in [0.29, 0.717) is 12.1 Å². The van der Waals surface area contributed by atoms with Crippen molar-refractivity contribution in [2.75, 3.05) is 33.3 Å². The SMILES string of the molecule is CC[C@H]1COC(N2CCN(C)[C@H](C)C2)=N1. The normalized spacial score (nSPS) is 32.7. The quantitative estimate of drug-likeness (QED) is 0.642. The van der Waals surface area contributed by atoms with E-state index in [1.165, 1.54) is 0 Å². The van der Waals surface area contributed by atoms with Crippen LogP contribution in [0.25, 0.3) is 0 Å². The first-order chi connectivity index (χ1) is 7.20. The molecule has 0 spiro atoms. The maximum Gasteiger partial charge on any atom is 0.287 e. The molecule has 86 valence electrons. The first-order valence-electron chi connectivity index (χ1n) is 5.86. The predicted molar refractivity (Wildman–Crippen MR) is 61.1 cm³/mol. The van der Waals surface area contributed by atoms with Crippen LogP contribution in [0.5, 0.6) is 0 Å². The van der Waals surface area contributed by atoms with Gasteiger partial charge in [-0.25, -0.2) is 4.99 Å². The molecule has 0 N–H and O–H groups in total. The summed E-state index contributed by atoms with van der Waals surface area (Å²) in [5, 5.41) is 0. The highest BCUT2D eigenvalue weighted by molar-refractivity contribution is 5.75. The molecule has 0 amide bonds. The molecule has 2 aliphatic heterocycles. The van der Waals surface area contributed by atoms with Gasteiger partial charge in [0.1, 0.15) is 6.61 Å². The van der Waals surface area contributed by atoms with Gasteiger partial charge in [0.05, 0.1) is 6.04 Å². The zero-order valence-electron chi connectivity index (χ0n) is 9.94. The van der Waals surface area contributed by atoms with Crippen molar-refractivity contribution in [3.8, 4) is 0 Å². The van der Waals surface area contributed by atoms with Gasteiger partial charge in [-0.1, -0.05) is 6.92 Å². The van der Waals surface area contributed by atoms with Gasteiger partial charge in [-0.3, -0.25) is 0 Å². The van der Waals surface area contributed by atoms with E-state index in [4.69, 9.17) is 4.74 Å². The molecular formula is C11H21N3O. The maximum atomic E-state index is 5.64. The van der Waals surface area contributed by atoms with Gasteiger partial charge in [0, 0.05) is 25.7 Å². The summed E-state index contributed by atoms with van der Waals surface area (Å²) >= 11 is 0. The van der Waals surface area contributed by atoms with Crippen LogP contribution in [0.3, 0.4) is 0 Å². The van der Waals surface area contributed by atoms with Gasteiger partial charge >= 0.3 is 0 Å². The van der Waals surface area contributed by atoms with E-state index in [2.05, 4.69) is 35.7 Å². The average molecular weight is 211 g/mol.